The number of thioether (sulfide) groups is 1. The summed E-state index contributed by atoms with van der Waals surface area (Å²) in [4.78, 5) is 4.15. The van der Waals surface area contributed by atoms with Crippen LogP contribution in [0, 0.1) is 0 Å². The number of nitrogens with two attached hydrogens (primary N) is 1. The average Bonchev–Trinajstić information content (AvgIpc) is 2.83. The van der Waals surface area contributed by atoms with Crippen LogP contribution in [0.1, 0.15) is 16.6 Å². The lowest BCUT2D eigenvalue weighted by Crippen LogP contribution is -2.02. The van der Waals surface area contributed by atoms with E-state index in [2.05, 4.69) is 21.8 Å². The van der Waals surface area contributed by atoms with E-state index in [4.69, 9.17) is 5.73 Å². The Balaban J connectivity index is 0.000000722. The molecule has 1 atom stereocenters. The number of rotatable bonds is 1. The first-order valence-electron chi connectivity index (χ1n) is 4.83. The molecule has 3 nitrogen and oxygen atoms in total. The fourth-order valence-electron chi connectivity index (χ4n) is 1.89. The molecule has 0 aromatic carbocycles. The zero-order chi connectivity index (χ0) is 10.3. The van der Waals surface area contributed by atoms with Gasteiger partial charge in [0.05, 0.1) is 11.4 Å². The molecule has 0 spiro atoms. The summed E-state index contributed by atoms with van der Waals surface area (Å²) in [5.74, 6) is 0.985. The average molecular weight is 290 g/mol. The second-order valence-electron chi connectivity index (χ2n) is 3.57. The van der Waals surface area contributed by atoms with E-state index in [1.54, 1.807) is 6.20 Å². The summed E-state index contributed by atoms with van der Waals surface area (Å²) in [5.41, 5.74) is 9.24. The smallest absolute Gasteiger partial charge is 0.106 e. The molecule has 1 aliphatic heterocycles. The van der Waals surface area contributed by atoms with E-state index in [0.717, 1.165) is 11.4 Å². The van der Waals surface area contributed by atoms with Crippen molar-refractivity contribution >= 4 is 42.3 Å². The van der Waals surface area contributed by atoms with Crippen molar-refractivity contribution in [2.75, 3.05) is 5.73 Å². The van der Waals surface area contributed by atoms with Crippen molar-refractivity contribution in [3.63, 3.8) is 0 Å². The quantitative estimate of drug-likeness (QED) is 0.877. The van der Waals surface area contributed by atoms with Gasteiger partial charge >= 0.3 is 0 Å². The maximum Gasteiger partial charge on any atom is 0.106 e. The van der Waals surface area contributed by atoms with Crippen LogP contribution in [0.15, 0.2) is 36.8 Å². The molecule has 1 unspecified atom stereocenters. The van der Waals surface area contributed by atoms with Crippen LogP contribution >= 0.6 is 36.6 Å². The maximum atomic E-state index is 5.88. The summed E-state index contributed by atoms with van der Waals surface area (Å²) in [6, 6.07) is 6.05. The lowest BCUT2D eigenvalue weighted by Gasteiger charge is -2.11. The van der Waals surface area contributed by atoms with E-state index >= 15 is 0 Å². The monoisotopic (exact) mass is 289 g/mol. The summed E-state index contributed by atoms with van der Waals surface area (Å²) in [6.07, 6.45) is 5.78. The third kappa shape index (κ3) is 2.39. The van der Waals surface area contributed by atoms with E-state index in [9.17, 15) is 0 Å². The number of halogens is 2. The normalized spacial score (nSPS) is 16.8. The molecule has 2 aromatic rings. The highest BCUT2D eigenvalue weighted by molar-refractivity contribution is 7.99. The number of aromatic nitrogens is 2. The molecule has 3 rings (SSSR count). The predicted molar refractivity (Wildman–Crippen MR) is 77.0 cm³/mol. The number of fused-ring (bicyclic) bond motifs is 1. The molecule has 0 bridgehead atoms. The van der Waals surface area contributed by atoms with Gasteiger partial charge in [0.1, 0.15) is 5.37 Å². The van der Waals surface area contributed by atoms with E-state index in [-0.39, 0.29) is 24.8 Å². The first-order chi connectivity index (χ1) is 7.36. The fraction of sp³-hybridized carbons (Fsp3) is 0.182. The van der Waals surface area contributed by atoms with Gasteiger partial charge in [0, 0.05) is 29.9 Å². The van der Waals surface area contributed by atoms with Gasteiger partial charge in [-0.15, -0.1) is 36.6 Å². The Bertz CT molecular complexity index is 487. The number of pyridine rings is 1. The predicted octanol–water partition coefficient (Wildman–Crippen LogP) is 3.10. The Morgan fingerprint density at radius 1 is 1.35 bits per heavy atom. The van der Waals surface area contributed by atoms with Gasteiger partial charge in [-0.05, 0) is 12.1 Å². The topological polar surface area (TPSA) is 43.8 Å². The molecule has 0 saturated heterocycles. The Hall–Kier alpha value is -0.840. The fourth-order valence-corrected chi connectivity index (χ4v) is 3.21. The van der Waals surface area contributed by atoms with Gasteiger partial charge < -0.3 is 10.3 Å². The van der Waals surface area contributed by atoms with Crippen molar-refractivity contribution in [1.82, 2.24) is 9.55 Å². The number of hydrogen-bond donors (Lipinski definition) is 1. The minimum atomic E-state index is 0. The van der Waals surface area contributed by atoms with E-state index in [0.29, 0.717) is 5.37 Å². The van der Waals surface area contributed by atoms with Crippen molar-refractivity contribution in [1.29, 1.82) is 0 Å². The van der Waals surface area contributed by atoms with E-state index < -0.39 is 0 Å². The van der Waals surface area contributed by atoms with Gasteiger partial charge in [0.15, 0.2) is 0 Å². The second kappa shape index (κ2) is 5.67. The van der Waals surface area contributed by atoms with Gasteiger partial charge in [-0.1, -0.05) is 6.07 Å². The highest BCUT2D eigenvalue weighted by Crippen LogP contribution is 2.42. The van der Waals surface area contributed by atoms with Gasteiger partial charge in [-0.25, -0.2) is 0 Å². The van der Waals surface area contributed by atoms with Gasteiger partial charge in [0.2, 0.25) is 0 Å². The zero-order valence-corrected chi connectivity index (χ0v) is 11.4. The van der Waals surface area contributed by atoms with Gasteiger partial charge in [0.25, 0.3) is 0 Å². The molecule has 3 heterocycles. The molecular formula is C11H13Cl2N3S. The van der Waals surface area contributed by atoms with Crippen LogP contribution in [0.5, 0.6) is 0 Å². The molecule has 1 aliphatic rings. The van der Waals surface area contributed by atoms with Crippen LogP contribution in [-0.2, 0) is 5.75 Å². The summed E-state index contributed by atoms with van der Waals surface area (Å²) >= 11 is 1.89. The van der Waals surface area contributed by atoms with Crippen molar-refractivity contribution in [2.24, 2.45) is 0 Å². The molecule has 0 amide bonds. The van der Waals surface area contributed by atoms with Crippen LogP contribution in [-0.4, -0.2) is 9.55 Å². The largest absolute Gasteiger partial charge is 0.397 e. The summed E-state index contributed by atoms with van der Waals surface area (Å²) in [7, 11) is 0. The number of hydrogen-bond acceptors (Lipinski definition) is 3. The van der Waals surface area contributed by atoms with Crippen molar-refractivity contribution in [3.8, 4) is 0 Å². The lowest BCUT2D eigenvalue weighted by atomic mass is 10.3. The first kappa shape index (κ1) is 14.2. The third-order valence-corrected chi connectivity index (χ3v) is 3.91. The summed E-state index contributed by atoms with van der Waals surface area (Å²) in [6.45, 7) is 0. The van der Waals surface area contributed by atoms with Crippen molar-refractivity contribution < 1.29 is 0 Å². The maximum absolute atomic E-state index is 5.88. The number of nitrogens with zero attached hydrogens (tertiary/aromatic N) is 2. The van der Waals surface area contributed by atoms with E-state index in [1.807, 2.05) is 30.1 Å². The second-order valence-corrected chi connectivity index (χ2v) is 4.64. The third-order valence-electron chi connectivity index (χ3n) is 2.66. The first-order valence-corrected chi connectivity index (χ1v) is 5.88. The van der Waals surface area contributed by atoms with Crippen molar-refractivity contribution in [2.45, 2.75) is 11.1 Å². The SMILES string of the molecule is Cl.Cl.Nc1ccn2c1CSC2c1cccnc1. The molecule has 2 aromatic heterocycles. The number of anilines is 1. The zero-order valence-electron chi connectivity index (χ0n) is 8.95. The van der Waals surface area contributed by atoms with Crippen molar-refractivity contribution in [3.05, 3.63) is 48.0 Å². The molecule has 92 valence electrons. The van der Waals surface area contributed by atoms with Gasteiger partial charge in [-0.3, -0.25) is 4.98 Å². The Morgan fingerprint density at radius 2 is 2.18 bits per heavy atom. The molecule has 0 saturated carbocycles. The Labute approximate surface area is 117 Å². The standard InChI is InChI=1S/C11H11N3S.2ClH/c12-9-3-5-14-10(9)7-15-11(14)8-2-1-4-13-6-8;;/h1-6,11H,7,12H2;2*1H. The van der Waals surface area contributed by atoms with Crippen LogP contribution < -0.4 is 5.73 Å². The molecule has 6 heteroatoms. The molecule has 0 radical (unpaired) electrons. The van der Waals surface area contributed by atoms with Gasteiger partial charge in [-0.2, -0.15) is 0 Å². The minimum Gasteiger partial charge on any atom is -0.397 e. The summed E-state index contributed by atoms with van der Waals surface area (Å²) in [5, 5.41) is 0.339. The summed E-state index contributed by atoms with van der Waals surface area (Å²) < 4.78 is 2.23. The molecular weight excluding hydrogens is 277 g/mol. The Morgan fingerprint density at radius 3 is 2.88 bits per heavy atom. The number of nitrogen functional groups attached to an aromatic ring is 1. The van der Waals surface area contributed by atoms with Crippen LogP contribution in [0.3, 0.4) is 0 Å². The molecule has 17 heavy (non-hydrogen) atoms. The lowest BCUT2D eigenvalue weighted by molar-refractivity contribution is 0.778. The van der Waals surface area contributed by atoms with E-state index in [1.165, 1.54) is 11.3 Å². The Kier molecular flexibility index (Phi) is 4.74. The minimum absolute atomic E-state index is 0. The van der Waals surface area contributed by atoms with Crippen LogP contribution in [0.4, 0.5) is 5.69 Å². The molecule has 2 N–H and O–H groups in total. The molecule has 0 aliphatic carbocycles. The van der Waals surface area contributed by atoms with Crippen LogP contribution in [0.25, 0.3) is 0 Å². The van der Waals surface area contributed by atoms with Crippen LogP contribution in [0.2, 0.25) is 0 Å². The molecule has 0 fully saturated rings. The highest BCUT2D eigenvalue weighted by Gasteiger charge is 2.25. The highest BCUT2D eigenvalue weighted by atomic mass is 35.5.